The van der Waals surface area contributed by atoms with Gasteiger partial charge in [0.25, 0.3) is 5.91 Å². The van der Waals surface area contributed by atoms with Gasteiger partial charge in [-0.15, -0.1) is 0 Å². The van der Waals surface area contributed by atoms with Gasteiger partial charge in [0.1, 0.15) is 5.75 Å². The highest BCUT2D eigenvalue weighted by Gasteiger charge is 2.16. The van der Waals surface area contributed by atoms with Gasteiger partial charge in [-0.2, -0.15) is 0 Å². The minimum atomic E-state index is -3.42. The number of nitrogens with one attached hydrogen (secondary N) is 3. The van der Waals surface area contributed by atoms with Gasteiger partial charge in [0.05, 0.1) is 32.5 Å². The van der Waals surface area contributed by atoms with Gasteiger partial charge < -0.3 is 15.0 Å². The molecule has 0 aliphatic carbocycles. The van der Waals surface area contributed by atoms with E-state index in [1.165, 1.54) is 4.90 Å². The smallest absolute Gasteiger partial charge is 0.251 e. The molecule has 1 amide bonds. The van der Waals surface area contributed by atoms with Crippen molar-refractivity contribution in [2.75, 3.05) is 39.0 Å². The number of benzene rings is 1. The molecule has 0 saturated carbocycles. The number of carbonyl (C=O) groups excluding carboxylic acids is 1. The van der Waals surface area contributed by atoms with Crippen molar-refractivity contribution in [3.63, 3.8) is 0 Å². The largest absolute Gasteiger partial charge is 0.497 e. The minimum Gasteiger partial charge on any atom is -0.497 e. The molecule has 0 aromatic heterocycles. The first-order chi connectivity index (χ1) is 12.8. The van der Waals surface area contributed by atoms with E-state index in [0.717, 1.165) is 32.5 Å². The van der Waals surface area contributed by atoms with Crippen LogP contribution in [-0.2, 0) is 10.0 Å². The molecule has 0 aliphatic heterocycles. The molecule has 1 aromatic rings. The lowest BCUT2D eigenvalue weighted by Crippen LogP contribution is -3.11. The van der Waals surface area contributed by atoms with E-state index in [-0.39, 0.29) is 24.2 Å². The van der Waals surface area contributed by atoms with E-state index in [1.54, 1.807) is 31.4 Å². The number of hydrogen-bond acceptors (Lipinski definition) is 4. The average Bonchev–Trinajstić information content (AvgIpc) is 2.64. The number of quaternary nitrogens is 1. The molecule has 0 spiro atoms. The predicted octanol–water partition coefficient (Wildman–Crippen LogP) is 0.438. The van der Waals surface area contributed by atoms with Crippen molar-refractivity contribution >= 4 is 15.9 Å². The molecule has 0 unspecified atom stereocenters. The maximum Gasteiger partial charge on any atom is 0.251 e. The Kier molecular flexibility index (Phi) is 10.4. The lowest BCUT2D eigenvalue weighted by atomic mass is 10.2. The van der Waals surface area contributed by atoms with Crippen molar-refractivity contribution in [3.05, 3.63) is 29.8 Å². The number of amides is 1. The molecule has 0 heterocycles. The Hall–Kier alpha value is -1.64. The summed E-state index contributed by atoms with van der Waals surface area (Å²) in [5.41, 5.74) is 0.466. The molecule has 0 fully saturated rings. The first kappa shape index (κ1) is 23.4. The van der Waals surface area contributed by atoms with Gasteiger partial charge in [-0.3, -0.25) is 4.79 Å². The van der Waals surface area contributed by atoms with Crippen LogP contribution in [0.25, 0.3) is 0 Å². The van der Waals surface area contributed by atoms with Crippen molar-refractivity contribution in [3.8, 4) is 5.75 Å². The lowest BCUT2D eigenvalue weighted by molar-refractivity contribution is -0.896. The topological polar surface area (TPSA) is 88.9 Å². The first-order valence-electron chi connectivity index (χ1n) is 9.57. The van der Waals surface area contributed by atoms with Crippen LogP contribution in [0.1, 0.15) is 44.0 Å². The highest BCUT2D eigenvalue weighted by atomic mass is 32.2. The highest BCUT2D eigenvalue weighted by molar-refractivity contribution is 7.89. The summed E-state index contributed by atoms with van der Waals surface area (Å²) in [5, 5.41) is 2.64. The average molecular weight is 401 g/mol. The molecule has 8 heteroatoms. The zero-order valence-corrected chi connectivity index (χ0v) is 17.7. The van der Waals surface area contributed by atoms with Gasteiger partial charge in [0.15, 0.2) is 0 Å². The van der Waals surface area contributed by atoms with Crippen molar-refractivity contribution < 1.29 is 22.8 Å². The lowest BCUT2D eigenvalue weighted by Gasteiger charge is -2.18. The zero-order chi connectivity index (χ0) is 20.3. The van der Waals surface area contributed by atoms with Crippen LogP contribution in [0.15, 0.2) is 24.3 Å². The molecule has 0 saturated heterocycles. The third-order valence-electron chi connectivity index (χ3n) is 4.56. The van der Waals surface area contributed by atoms with Gasteiger partial charge in [0.2, 0.25) is 10.0 Å². The van der Waals surface area contributed by atoms with E-state index in [0.29, 0.717) is 11.3 Å². The molecule has 0 bridgehead atoms. The van der Waals surface area contributed by atoms with Gasteiger partial charge in [0, 0.05) is 18.2 Å². The molecular formula is C19H34N3O4S+. The van der Waals surface area contributed by atoms with Crippen molar-refractivity contribution in [1.82, 2.24) is 10.0 Å². The summed E-state index contributed by atoms with van der Waals surface area (Å²) in [6, 6.07) is 6.55. The fraction of sp³-hybridized carbons (Fsp3) is 0.632. The number of ether oxygens (including phenoxy) is 1. The Morgan fingerprint density at radius 1 is 1.19 bits per heavy atom. The number of sulfonamides is 1. The second-order valence-corrected chi connectivity index (χ2v) is 8.54. The standard InChI is InChI=1S/C19H33N3O4S/c1-5-22(6-2)14-7-8-16(3)21-27(24,25)15-13-20-19(23)17-9-11-18(26-4)12-10-17/h9-12,16,21H,5-8,13-15H2,1-4H3,(H,20,23)/p+1/t16-/m1/s1. The Morgan fingerprint density at radius 3 is 2.37 bits per heavy atom. The van der Waals surface area contributed by atoms with Gasteiger partial charge in [-0.25, -0.2) is 13.1 Å². The molecular weight excluding hydrogens is 366 g/mol. The molecule has 1 atom stereocenters. The monoisotopic (exact) mass is 400 g/mol. The summed E-state index contributed by atoms with van der Waals surface area (Å²) in [6.07, 6.45) is 1.79. The second kappa shape index (κ2) is 11.9. The fourth-order valence-electron chi connectivity index (χ4n) is 2.83. The third kappa shape index (κ3) is 9.21. The summed E-state index contributed by atoms with van der Waals surface area (Å²) in [6.45, 7) is 9.49. The van der Waals surface area contributed by atoms with Crippen LogP contribution in [0.3, 0.4) is 0 Å². The summed E-state index contributed by atoms with van der Waals surface area (Å²) in [4.78, 5) is 13.6. The summed E-state index contributed by atoms with van der Waals surface area (Å²) < 4.78 is 32.1. The number of methoxy groups -OCH3 is 1. The first-order valence-corrected chi connectivity index (χ1v) is 11.2. The van der Waals surface area contributed by atoms with Crippen molar-refractivity contribution in [2.45, 2.75) is 39.7 Å². The molecule has 0 radical (unpaired) electrons. The van der Waals surface area contributed by atoms with Crippen LogP contribution in [0.2, 0.25) is 0 Å². The Labute approximate surface area is 163 Å². The van der Waals surface area contributed by atoms with E-state index in [9.17, 15) is 13.2 Å². The van der Waals surface area contributed by atoms with E-state index in [1.807, 2.05) is 6.92 Å². The number of hydrogen-bond donors (Lipinski definition) is 3. The van der Waals surface area contributed by atoms with Crippen LogP contribution >= 0.6 is 0 Å². The molecule has 0 aliphatic rings. The maximum atomic E-state index is 12.2. The highest BCUT2D eigenvalue weighted by Crippen LogP contribution is 2.10. The predicted molar refractivity (Wildman–Crippen MR) is 108 cm³/mol. The summed E-state index contributed by atoms with van der Waals surface area (Å²) in [7, 11) is -1.87. The van der Waals surface area contributed by atoms with E-state index < -0.39 is 10.0 Å². The van der Waals surface area contributed by atoms with E-state index in [4.69, 9.17) is 4.74 Å². The minimum absolute atomic E-state index is 0.0660. The molecule has 154 valence electrons. The Morgan fingerprint density at radius 2 is 1.81 bits per heavy atom. The van der Waals surface area contributed by atoms with Crippen LogP contribution in [-0.4, -0.2) is 59.4 Å². The molecule has 3 N–H and O–H groups in total. The zero-order valence-electron chi connectivity index (χ0n) is 16.9. The maximum absolute atomic E-state index is 12.2. The molecule has 1 aromatic carbocycles. The molecule has 27 heavy (non-hydrogen) atoms. The van der Waals surface area contributed by atoms with Crippen LogP contribution in [0.5, 0.6) is 5.75 Å². The normalized spacial score (nSPS) is 12.8. The Balaban J connectivity index is 2.34. The SMILES string of the molecule is CC[NH+](CC)CCC[C@@H](C)NS(=O)(=O)CCNC(=O)c1ccc(OC)cc1. The van der Waals surface area contributed by atoms with Crippen molar-refractivity contribution in [2.24, 2.45) is 0 Å². The van der Waals surface area contributed by atoms with Crippen LogP contribution in [0, 0.1) is 0 Å². The van der Waals surface area contributed by atoms with Crippen LogP contribution < -0.4 is 19.7 Å². The number of carbonyl (C=O) groups is 1. The van der Waals surface area contributed by atoms with E-state index >= 15 is 0 Å². The van der Waals surface area contributed by atoms with Crippen molar-refractivity contribution in [1.29, 1.82) is 0 Å². The fourth-order valence-corrected chi connectivity index (χ4v) is 4.05. The van der Waals surface area contributed by atoms with Gasteiger partial charge in [-0.1, -0.05) is 0 Å². The second-order valence-electron chi connectivity index (χ2n) is 6.67. The quantitative estimate of drug-likeness (QED) is 0.448. The molecule has 1 rings (SSSR count). The third-order valence-corrected chi connectivity index (χ3v) is 6.06. The molecule has 7 nitrogen and oxygen atoms in total. The van der Waals surface area contributed by atoms with E-state index in [2.05, 4.69) is 23.9 Å². The Bertz CT molecular complexity index is 658. The van der Waals surface area contributed by atoms with Gasteiger partial charge in [-0.05, 0) is 57.9 Å². The number of rotatable bonds is 13. The van der Waals surface area contributed by atoms with Crippen LogP contribution in [0.4, 0.5) is 0 Å². The van der Waals surface area contributed by atoms with Gasteiger partial charge >= 0.3 is 0 Å². The summed E-state index contributed by atoms with van der Waals surface area (Å²) >= 11 is 0. The summed E-state index contributed by atoms with van der Waals surface area (Å²) in [5.74, 6) is 0.221.